The Morgan fingerprint density at radius 2 is 1.78 bits per heavy atom. The molecule has 1 aromatic heterocycles. The summed E-state index contributed by atoms with van der Waals surface area (Å²) >= 11 is 6.64. The van der Waals surface area contributed by atoms with Crippen molar-refractivity contribution in [1.29, 1.82) is 0 Å². The highest BCUT2D eigenvalue weighted by Gasteiger charge is 2.19. The molecule has 3 aromatic rings. The molecule has 1 amide bonds. The molecule has 0 radical (unpaired) electrons. The summed E-state index contributed by atoms with van der Waals surface area (Å²) in [4.78, 5) is 17.1. The second-order valence-electron chi connectivity index (χ2n) is 5.30. The number of anilines is 1. The van der Waals surface area contributed by atoms with Crippen LogP contribution in [0.1, 0.15) is 10.4 Å². The number of thiocarbonyl (C=S) groups is 1. The number of nitrogens with one attached hydrogen (secondary N) is 2. The van der Waals surface area contributed by atoms with Gasteiger partial charge in [-0.3, -0.25) is 10.1 Å². The molecule has 27 heavy (non-hydrogen) atoms. The predicted molar refractivity (Wildman–Crippen MR) is 109 cm³/mol. The lowest BCUT2D eigenvalue weighted by atomic mass is 10.1. The van der Waals surface area contributed by atoms with Gasteiger partial charge in [0.2, 0.25) is 0 Å². The average molecular weight is 403 g/mol. The summed E-state index contributed by atoms with van der Waals surface area (Å²) in [7, 11) is 4.58. The molecule has 0 aliphatic carbocycles. The van der Waals surface area contributed by atoms with E-state index in [1.807, 2.05) is 18.2 Å². The average Bonchev–Trinajstić information content (AvgIpc) is 3.07. The number of ether oxygens (including phenoxy) is 3. The SMILES string of the molecule is COc1ccc2nc(NC(=S)NC(=O)c3c(OC)cccc3OC)sc2c1. The van der Waals surface area contributed by atoms with Crippen LogP contribution in [0.2, 0.25) is 0 Å². The van der Waals surface area contributed by atoms with Crippen LogP contribution >= 0.6 is 23.6 Å². The summed E-state index contributed by atoms with van der Waals surface area (Å²) in [5, 5.41) is 6.24. The molecule has 1 heterocycles. The van der Waals surface area contributed by atoms with Gasteiger partial charge >= 0.3 is 0 Å². The van der Waals surface area contributed by atoms with Gasteiger partial charge < -0.3 is 19.5 Å². The Labute approximate surface area is 165 Å². The number of amides is 1. The molecule has 3 rings (SSSR count). The topological polar surface area (TPSA) is 81.7 Å². The number of rotatable bonds is 5. The van der Waals surface area contributed by atoms with E-state index in [-0.39, 0.29) is 10.7 Å². The summed E-state index contributed by atoms with van der Waals surface area (Å²) in [6.07, 6.45) is 0. The third-order valence-corrected chi connectivity index (χ3v) is 4.84. The smallest absolute Gasteiger partial charge is 0.264 e. The molecule has 0 atom stereocenters. The second-order valence-corrected chi connectivity index (χ2v) is 6.74. The van der Waals surface area contributed by atoms with E-state index in [1.54, 1.807) is 25.3 Å². The molecule has 0 bridgehead atoms. The first-order valence-electron chi connectivity index (χ1n) is 7.83. The Bertz CT molecular complexity index is 981. The number of fused-ring (bicyclic) bond motifs is 1. The van der Waals surface area contributed by atoms with Crippen molar-refractivity contribution in [1.82, 2.24) is 10.3 Å². The summed E-state index contributed by atoms with van der Waals surface area (Å²) in [5.41, 5.74) is 1.07. The minimum absolute atomic E-state index is 0.124. The maximum atomic E-state index is 12.6. The molecule has 7 nitrogen and oxygen atoms in total. The maximum absolute atomic E-state index is 12.6. The van der Waals surface area contributed by atoms with E-state index in [0.717, 1.165) is 16.0 Å². The molecule has 0 saturated heterocycles. The van der Waals surface area contributed by atoms with Crippen molar-refractivity contribution in [3.05, 3.63) is 42.0 Å². The van der Waals surface area contributed by atoms with Crippen LogP contribution in [0.4, 0.5) is 5.13 Å². The van der Waals surface area contributed by atoms with E-state index in [4.69, 9.17) is 26.4 Å². The Kier molecular flexibility index (Phi) is 5.72. The zero-order valence-electron chi connectivity index (χ0n) is 14.9. The lowest BCUT2D eigenvalue weighted by Crippen LogP contribution is -2.34. The molecular weight excluding hydrogens is 386 g/mol. The third-order valence-electron chi connectivity index (χ3n) is 3.70. The Morgan fingerprint density at radius 1 is 1.07 bits per heavy atom. The molecule has 9 heteroatoms. The molecule has 0 fully saturated rings. The van der Waals surface area contributed by atoms with Crippen LogP contribution in [0.5, 0.6) is 17.2 Å². The van der Waals surface area contributed by atoms with Gasteiger partial charge in [0.15, 0.2) is 10.2 Å². The predicted octanol–water partition coefficient (Wildman–Crippen LogP) is 3.45. The summed E-state index contributed by atoms with van der Waals surface area (Å²) in [5.74, 6) is 1.09. The van der Waals surface area contributed by atoms with Crippen LogP contribution in [0.3, 0.4) is 0 Å². The van der Waals surface area contributed by atoms with E-state index < -0.39 is 5.91 Å². The van der Waals surface area contributed by atoms with Crippen molar-refractivity contribution < 1.29 is 19.0 Å². The minimum atomic E-state index is -0.440. The Morgan fingerprint density at radius 3 is 2.41 bits per heavy atom. The van der Waals surface area contributed by atoms with Crippen LogP contribution in [-0.4, -0.2) is 37.3 Å². The molecule has 0 unspecified atom stereocenters. The van der Waals surface area contributed by atoms with Crippen LogP contribution in [0.15, 0.2) is 36.4 Å². The minimum Gasteiger partial charge on any atom is -0.497 e. The van der Waals surface area contributed by atoms with Crippen molar-refractivity contribution in [2.45, 2.75) is 0 Å². The lowest BCUT2D eigenvalue weighted by Gasteiger charge is -2.13. The fourth-order valence-electron chi connectivity index (χ4n) is 2.45. The third kappa shape index (κ3) is 4.09. The number of nitrogens with zero attached hydrogens (tertiary/aromatic N) is 1. The van der Waals surface area contributed by atoms with Crippen molar-refractivity contribution in [2.24, 2.45) is 0 Å². The number of benzene rings is 2. The van der Waals surface area contributed by atoms with E-state index in [9.17, 15) is 4.79 Å². The standard InChI is InChI=1S/C18H17N3O4S2/c1-23-10-7-8-11-14(9-10)27-18(19-11)21-17(26)20-16(22)15-12(24-2)5-4-6-13(15)25-3/h4-9H,1-3H3,(H2,19,20,21,22,26). The molecule has 0 aliphatic heterocycles. The Hall–Kier alpha value is -2.91. The number of carbonyl (C=O) groups is 1. The molecule has 2 N–H and O–H groups in total. The number of hydrogen-bond acceptors (Lipinski definition) is 7. The van der Waals surface area contributed by atoms with Gasteiger partial charge in [0.25, 0.3) is 5.91 Å². The maximum Gasteiger partial charge on any atom is 0.264 e. The largest absolute Gasteiger partial charge is 0.497 e. The molecule has 0 aliphatic rings. The molecule has 2 aromatic carbocycles. The quantitative estimate of drug-likeness (QED) is 0.632. The summed E-state index contributed by atoms with van der Waals surface area (Å²) in [6, 6.07) is 10.7. The molecule has 140 valence electrons. The van der Waals surface area contributed by atoms with Crippen molar-refractivity contribution in [2.75, 3.05) is 26.6 Å². The number of thiazole rings is 1. The van der Waals surface area contributed by atoms with E-state index in [1.165, 1.54) is 25.6 Å². The van der Waals surface area contributed by atoms with Gasteiger partial charge in [-0.05, 0) is 42.5 Å². The van der Waals surface area contributed by atoms with Gasteiger partial charge in [0.05, 0.1) is 31.5 Å². The second kappa shape index (κ2) is 8.19. The highest BCUT2D eigenvalue weighted by molar-refractivity contribution is 7.80. The van der Waals surface area contributed by atoms with Crippen LogP contribution in [0.25, 0.3) is 10.2 Å². The summed E-state index contributed by atoms with van der Waals surface area (Å²) in [6.45, 7) is 0. The van der Waals surface area contributed by atoms with Gasteiger partial charge in [-0.1, -0.05) is 17.4 Å². The zero-order chi connectivity index (χ0) is 19.4. The highest BCUT2D eigenvalue weighted by Crippen LogP contribution is 2.30. The van der Waals surface area contributed by atoms with E-state index in [0.29, 0.717) is 16.6 Å². The van der Waals surface area contributed by atoms with Crippen molar-refractivity contribution in [3.63, 3.8) is 0 Å². The van der Waals surface area contributed by atoms with Gasteiger partial charge in [-0.2, -0.15) is 0 Å². The van der Waals surface area contributed by atoms with E-state index >= 15 is 0 Å². The zero-order valence-corrected chi connectivity index (χ0v) is 16.5. The first-order valence-corrected chi connectivity index (χ1v) is 9.06. The van der Waals surface area contributed by atoms with Gasteiger partial charge in [0.1, 0.15) is 22.8 Å². The van der Waals surface area contributed by atoms with Gasteiger partial charge in [-0.25, -0.2) is 4.98 Å². The summed E-state index contributed by atoms with van der Waals surface area (Å²) < 4.78 is 16.6. The van der Waals surface area contributed by atoms with Crippen molar-refractivity contribution >= 4 is 49.9 Å². The number of hydrogen-bond donors (Lipinski definition) is 2. The number of methoxy groups -OCH3 is 3. The van der Waals surface area contributed by atoms with Gasteiger partial charge in [-0.15, -0.1) is 0 Å². The van der Waals surface area contributed by atoms with Crippen LogP contribution < -0.4 is 24.8 Å². The number of aromatic nitrogens is 1. The lowest BCUT2D eigenvalue weighted by molar-refractivity contribution is 0.0971. The normalized spacial score (nSPS) is 10.3. The molecule has 0 spiro atoms. The number of carbonyl (C=O) groups excluding carboxylic acids is 1. The highest BCUT2D eigenvalue weighted by atomic mass is 32.1. The van der Waals surface area contributed by atoms with E-state index in [2.05, 4.69) is 15.6 Å². The fraction of sp³-hybridized carbons (Fsp3) is 0.167. The van der Waals surface area contributed by atoms with Crippen LogP contribution in [0, 0.1) is 0 Å². The fourth-order valence-corrected chi connectivity index (χ4v) is 3.61. The molecule has 0 saturated carbocycles. The van der Waals surface area contributed by atoms with Gasteiger partial charge in [0, 0.05) is 0 Å². The van der Waals surface area contributed by atoms with Crippen molar-refractivity contribution in [3.8, 4) is 17.2 Å². The first kappa shape index (κ1) is 18.9. The first-order chi connectivity index (χ1) is 13.0. The van der Waals surface area contributed by atoms with Crippen LogP contribution in [-0.2, 0) is 0 Å². The molecular formula is C18H17N3O4S2. The Balaban J connectivity index is 1.75. The monoisotopic (exact) mass is 403 g/mol.